The minimum atomic E-state index is -0.450. The van der Waals surface area contributed by atoms with Crippen LogP contribution in [0, 0.1) is 13.8 Å². The number of aromatic nitrogens is 1. The number of rotatable bonds is 9. The van der Waals surface area contributed by atoms with Crippen LogP contribution in [0.3, 0.4) is 0 Å². The lowest BCUT2D eigenvalue weighted by atomic mass is 10.1. The van der Waals surface area contributed by atoms with E-state index in [0.717, 1.165) is 21.7 Å². The van der Waals surface area contributed by atoms with E-state index < -0.39 is 5.91 Å². The quantitative estimate of drug-likeness (QED) is 0.166. The van der Waals surface area contributed by atoms with Crippen LogP contribution in [-0.4, -0.2) is 28.0 Å². The van der Waals surface area contributed by atoms with Gasteiger partial charge < -0.3 is 16.0 Å². The number of benzene rings is 3. The zero-order chi connectivity index (χ0) is 27.8. The molecule has 0 fully saturated rings. The lowest BCUT2D eigenvalue weighted by molar-refractivity contribution is -0.115. The number of aryl methyl sites for hydroxylation is 2. The number of carbonyl (C=O) groups is 3. The maximum Gasteiger partial charge on any atom is 0.272 e. The molecule has 4 rings (SSSR count). The van der Waals surface area contributed by atoms with Crippen LogP contribution in [0.2, 0.25) is 0 Å². The summed E-state index contributed by atoms with van der Waals surface area (Å²) in [6, 6.07) is 23.6. The van der Waals surface area contributed by atoms with Gasteiger partial charge in [-0.1, -0.05) is 42.5 Å². The Morgan fingerprint density at radius 3 is 2.26 bits per heavy atom. The molecule has 0 bridgehead atoms. The molecule has 3 aromatic carbocycles. The molecule has 9 heteroatoms. The molecule has 0 radical (unpaired) electrons. The highest BCUT2D eigenvalue weighted by atomic mass is 32.2. The molecule has 0 aliphatic heterocycles. The van der Waals surface area contributed by atoms with Crippen LogP contribution in [0.5, 0.6) is 0 Å². The third-order valence-electron chi connectivity index (χ3n) is 5.66. The summed E-state index contributed by atoms with van der Waals surface area (Å²) in [7, 11) is 0. The number of nitrogens with one attached hydrogen (secondary N) is 3. The van der Waals surface area contributed by atoms with Crippen molar-refractivity contribution in [3.63, 3.8) is 0 Å². The van der Waals surface area contributed by atoms with Crippen molar-refractivity contribution >= 4 is 57.7 Å². The fraction of sp³-hybridized carbons (Fsp3) is 0.133. The Morgan fingerprint density at radius 2 is 1.59 bits per heavy atom. The minimum Gasteiger partial charge on any atom is -0.321 e. The van der Waals surface area contributed by atoms with Crippen LogP contribution in [0.15, 0.2) is 94.8 Å². The molecule has 0 saturated carbocycles. The van der Waals surface area contributed by atoms with Gasteiger partial charge in [0, 0.05) is 21.5 Å². The molecule has 7 nitrogen and oxygen atoms in total. The van der Waals surface area contributed by atoms with Crippen molar-refractivity contribution in [2.24, 2.45) is 0 Å². The molecular formula is C30H28N4O3S2. The third-order valence-corrected chi connectivity index (χ3v) is 7.65. The molecule has 1 atom stereocenters. The normalized spacial score (nSPS) is 11.9. The van der Waals surface area contributed by atoms with Gasteiger partial charge in [-0.05, 0) is 74.4 Å². The highest BCUT2D eigenvalue weighted by Gasteiger charge is 2.17. The number of thioether (sulfide) groups is 1. The summed E-state index contributed by atoms with van der Waals surface area (Å²) in [6.45, 7) is 5.65. The van der Waals surface area contributed by atoms with E-state index in [9.17, 15) is 14.4 Å². The predicted octanol–water partition coefficient (Wildman–Crippen LogP) is 6.29. The molecule has 1 heterocycles. The van der Waals surface area contributed by atoms with E-state index in [1.54, 1.807) is 42.5 Å². The number of anilines is 2. The average Bonchev–Trinajstić information content (AvgIpc) is 3.35. The van der Waals surface area contributed by atoms with Crippen LogP contribution in [0.1, 0.15) is 34.1 Å². The van der Waals surface area contributed by atoms with Gasteiger partial charge in [0.15, 0.2) is 5.13 Å². The van der Waals surface area contributed by atoms with Crippen LogP contribution in [0.4, 0.5) is 10.8 Å². The van der Waals surface area contributed by atoms with Crippen molar-refractivity contribution in [1.29, 1.82) is 0 Å². The van der Waals surface area contributed by atoms with Crippen LogP contribution in [0.25, 0.3) is 6.08 Å². The Labute approximate surface area is 235 Å². The molecule has 3 amide bonds. The molecule has 39 heavy (non-hydrogen) atoms. The summed E-state index contributed by atoms with van der Waals surface area (Å²) < 4.78 is 0. The van der Waals surface area contributed by atoms with Gasteiger partial charge in [-0.3, -0.25) is 14.4 Å². The van der Waals surface area contributed by atoms with E-state index in [2.05, 4.69) is 20.9 Å². The SMILES string of the molecule is Cc1csc(NC(=O)C(C)Sc2ccc(NC(=O)/C(=C/c3ccccc3C)NC(=O)c3ccccc3)cc2)n1. The van der Waals surface area contributed by atoms with Crippen molar-refractivity contribution in [3.05, 3.63) is 112 Å². The standard InChI is InChI=1S/C30H28N4O3S2/c1-19-9-7-8-12-23(19)17-26(33-28(36)22-10-5-4-6-11-22)29(37)32-24-13-15-25(16-14-24)39-21(3)27(35)34-30-31-20(2)18-38-30/h4-18,21H,1-3H3,(H,32,37)(H,33,36)(H,31,34,35)/b26-17-. The zero-order valence-corrected chi connectivity index (χ0v) is 23.4. The lowest BCUT2D eigenvalue weighted by Gasteiger charge is -2.13. The number of nitrogens with zero attached hydrogens (tertiary/aromatic N) is 1. The van der Waals surface area contributed by atoms with Crippen molar-refractivity contribution in [2.75, 3.05) is 10.6 Å². The van der Waals surface area contributed by atoms with Crippen molar-refractivity contribution in [2.45, 2.75) is 30.9 Å². The van der Waals surface area contributed by atoms with E-state index in [4.69, 9.17) is 0 Å². The number of thiazole rings is 1. The Kier molecular flexibility index (Phi) is 9.30. The van der Waals surface area contributed by atoms with E-state index in [1.807, 2.05) is 68.6 Å². The summed E-state index contributed by atoms with van der Waals surface area (Å²) in [4.78, 5) is 43.8. The summed E-state index contributed by atoms with van der Waals surface area (Å²) >= 11 is 2.80. The second-order valence-corrected chi connectivity index (χ2v) is 11.0. The maximum absolute atomic E-state index is 13.3. The topological polar surface area (TPSA) is 100 Å². The largest absolute Gasteiger partial charge is 0.321 e. The Balaban J connectivity index is 1.44. The Morgan fingerprint density at radius 1 is 0.897 bits per heavy atom. The van der Waals surface area contributed by atoms with Gasteiger partial charge in [-0.25, -0.2) is 4.98 Å². The molecule has 0 saturated heterocycles. The fourth-order valence-corrected chi connectivity index (χ4v) is 5.10. The number of carbonyl (C=O) groups excluding carboxylic acids is 3. The van der Waals surface area contributed by atoms with Crippen LogP contribution in [-0.2, 0) is 9.59 Å². The first-order chi connectivity index (χ1) is 18.8. The van der Waals surface area contributed by atoms with Crippen molar-refractivity contribution in [3.8, 4) is 0 Å². The molecule has 0 aliphatic rings. The van der Waals surface area contributed by atoms with Gasteiger partial charge >= 0.3 is 0 Å². The van der Waals surface area contributed by atoms with Crippen molar-refractivity contribution < 1.29 is 14.4 Å². The molecule has 4 aromatic rings. The molecule has 1 unspecified atom stereocenters. The fourth-order valence-electron chi connectivity index (χ4n) is 3.54. The first kappa shape index (κ1) is 27.8. The van der Waals surface area contributed by atoms with E-state index in [0.29, 0.717) is 16.4 Å². The molecule has 198 valence electrons. The zero-order valence-electron chi connectivity index (χ0n) is 21.7. The van der Waals surface area contributed by atoms with Gasteiger partial charge in [0.05, 0.1) is 10.9 Å². The van der Waals surface area contributed by atoms with Gasteiger partial charge in [0.1, 0.15) is 5.70 Å². The minimum absolute atomic E-state index is 0.124. The second-order valence-electron chi connectivity index (χ2n) is 8.76. The summed E-state index contributed by atoms with van der Waals surface area (Å²) in [6.07, 6.45) is 1.67. The highest BCUT2D eigenvalue weighted by molar-refractivity contribution is 8.00. The van der Waals surface area contributed by atoms with Gasteiger partial charge in [0.25, 0.3) is 11.8 Å². The molecule has 1 aromatic heterocycles. The molecule has 0 spiro atoms. The number of hydrogen-bond acceptors (Lipinski definition) is 6. The third kappa shape index (κ3) is 7.89. The van der Waals surface area contributed by atoms with Crippen molar-refractivity contribution in [1.82, 2.24) is 10.3 Å². The van der Waals surface area contributed by atoms with Crippen LogP contribution >= 0.6 is 23.1 Å². The maximum atomic E-state index is 13.3. The Hall–Kier alpha value is -4.21. The second kappa shape index (κ2) is 13.0. The van der Waals surface area contributed by atoms with Crippen LogP contribution < -0.4 is 16.0 Å². The average molecular weight is 557 g/mol. The summed E-state index contributed by atoms with van der Waals surface area (Å²) in [5.74, 6) is -0.959. The Bertz CT molecular complexity index is 1500. The highest BCUT2D eigenvalue weighted by Crippen LogP contribution is 2.26. The predicted molar refractivity (Wildman–Crippen MR) is 159 cm³/mol. The number of hydrogen-bond donors (Lipinski definition) is 3. The van der Waals surface area contributed by atoms with Gasteiger partial charge in [0.2, 0.25) is 5.91 Å². The number of amides is 3. The monoisotopic (exact) mass is 556 g/mol. The first-order valence-corrected chi connectivity index (χ1v) is 14.0. The smallest absolute Gasteiger partial charge is 0.272 e. The first-order valence-electron chi connectivity index (χ1n) is 12.2. The molecule has 0 aliphatic carbocycles. The van der Waals surface area contributed by atoms with E-state index in [-0.39, 0.29) is 22.8 Å². The molecular weight excluding hydrogens is 528 g/mol. The summed E-state index contributed by atoms with van der Waals surface area (Å²) in [5, 5.41) is 10.6. The van der Waals surface area contributed by atoms with E-state index in [1.165, 1.54) is 23.1 Å². The van der Waals surface area contributed by atoms with Gasteiger partial charge in [-0.2, -0.15) is 0 Å². The lowest BCUT2D eigenvalue weighted by Crippen LogP contribution is -2.30. The molecule has 3 N–H and O–H groups in total. The van der Waals surface area contributed by atoms with E-state index >= 15 is 0 Å². The van der Waals surface area contributed by atoms with Gasteiger partial charge in [-0.15, -0.1) is 23.1 Å². The summed E-state index contributed by atoms with van der Waals surface area (Å²) in [5.41, 5.74) is 3.79.